The van der Waals surface area contributed by atoms with Crippen LogP contribution in [0.25, 0.3) is 0 Å². The normalized spacial score (nSPS) is 32.8. The van der Waals surface area contributed by atoms with Crippen LogP contribution < -0.4 is 0 Å². The summed E-state index contributed by atoms with van der Waals surface area (Å²) in [5, 5.41) is 9.71. The fourth-order valence-electron chi connectivity index (χ4n) is 4.27. The highest BCUT2D eigenvalue weighted by Crippen LogP contribution is 2.45. The first-order valence-corrected chi connectivity index (χ1v) is 8.14. The molecule has 0 aromatic heterocycles. The molecule has 0 heterocycles. The lowest BCUT2D eigenvalue weighted by molar-refractivity contribution is 0.159. The molecular formula is C18H27NO. The van der Waals surface area contributed by atoms with Crippen molar-refractivity contribution in [3.8, 4) is 0 Å². The van der Waals surface area contributed by atoms with Crippen LogP contribution in [0.15, 0.2) is 30.3 Å². The Bertz CT molecular complexity index is 405. The highest BCUT2D eigenvalue weighted by Gasteiger charge is 2.41. The molecule has 0 aliphatic heterocycles. The molecule has 2 heteroatoms. The maximum atomic E-state index is 9.71. The zero-order chi connectivity index (χ0) is 13.9. The lowest BCUT2D eigenvalue weighted by Crippen LogP contribution is -2.31. The molecule has 0 radical (unpaired) electrons. The van der Waals surface area contributed by atoms with Crippen molar-refractivity contribution < 1.29 is 5.11 Å². The Balaban J connectivity index is 1.41. The number of hydrogen-bond donors (Lipinski definition) is 1. The van der Waals surface area contributed by atoms with E-state index in [0.717, 1.165) is 30.7 Å². The second-order valence-electron chi connectivity index (χ2n) is 6.84. The Kier molecular flexibility index (Phi) is 4.42. The van der Waals surface area contributed by atoms with Crippen molar-refractivity contribution >= 4 is 0 Å². The number of benzene rings is 1. The summed E-state index contributed by atoms with van der Waals surface area (Å²) in [5.41, 5.74) is 1.45. The third-order valence-electron chi connectivity index (χ3n) is 5.41. The largest absolute Gasteiger partial charge is 0.393 e. The molecule has 2 saturated carbocycles. The van der Waals surface area contributed by atoms with E-state index in [-0.39, 0.29) is 6.10 Å². The topological polar surface area (TPSA) is 23.5 Å². The van der Waals surface area contributed by atoms with E-state index in [4.69, 9.17) is 0 Å². The quantitative estimate of drug-likeness (QED) is 0.891. The van der Waals surface area contributed by atoms with E-state index in [9.17, 15) is 5.11 Å². The lowest BCUT2D eigenvalue weighted by atomic mass is 10.0. The molecular weight excluding hydrogens is 246 g/mol. The third-order valence-corrected chi connectivity index (χ3v) is 5.41. The van der Waals surface area contributed by atoms with Gasteiger partial charge in [0.15, 0.2) is 0 Å². The first-order valence-electron chi connectivity index (χ1n) is 8.14. The van der Waals surface area contributed by atoms with Crippen LogP contribution in [0.5, 0.6) is 0 Å². The van der Waals surface area contributed by atoms with Gasteiger partial charge in [-0.15, -0.1) is 0 Å². The van der Waals surface area contributed by atoms with Crippen LogP contribution in [-0.2, 0) is 6.42 Å². The second-order valence-corrected chi connectivity index (χ2v) is 6.84. The average Bonchev–Trinajstić information content (AvgIpc) is 2.97. The van der Waals surface area contributed by atoms with Crippen LogP contribution in [0.1, 0.15) is 37.7 Å². The summed E-state index contributed by atoms with van der Waals surface area (Å²) in [5.74, 6) is 1.60. The first kappa shape index (κ1) is 14.1. The molecule has 0 amide bonds. The smallest absolute Gasteiger partial charge is 0.0545 e. The van der Waals surface area contributed by atoms with E-state index < -0.39 is 0 Å². The minimum absolute atomic E-state index is 0.00524. The van der Waals surface area contributed by atoms with Gasteiger partial charge < -0.3 is 10.0 Å². The van der Waals surface area contributed by atoms with Crippen molar-refractivity contribution in [1.29, 1.82) is 0 Å². The molecule has 2 aliphatic carbocycles. The van der Waals surface area contributed by atoms with E-state index >= 15 is 0 Å². The Morgan fingerprint density at radius 1 is 1.05 bits per heavy atom. The summed E-state index contributed by atoms with van der Waals surface area (Å²) in [7, 11) is 2.28. The van der Waals surface area contributed by atoms with Gasteiger partial charge in [-0.2, -0.15) is 0 Å². The number of rotatable bonds is 5. The second kappa shape index (κ2) is 6.28. The van der Waals surface area contributed by atoms with Crippen molar-refractivity contribution in [3.63, 3.8) is 0 Å². The molecule has 2 fully saturated rings. The van der Waals surface area contributed by atoms with Crippen LogP contribution >= 0.6 is 0 Å². The fraction of sp³-hybridized carbons (Fsp3) is 0.667. The molecule has 0 saturated heterocycles. The average molecular weight is 273 g/mol. The molecule has 2 aliphatic rings. The van der Waals surface area contributed by atoms with E-state index in [2.05, 4.69) is 42.3 Å². The van der Waals surface area contributed by atoms with Crippen LogP contribution in [0.3, 0.4) is 0 Å². The minimum Gasteiger partial charge on any atom is -0.393 e. The van der Waals surface area contributed by atoms with Gasteiger partial charge in [0.05, 0.1) is 6.10 Å². The predicted molar refractivity (Wildman–Crippen MR) is 82.6 cm³/mol. The SMILES string of the molecule is CN(CCCc1ccccc1)C1C[C@H]2CC(O)C[C@H]2C1. The van der Waals surface area contributed by atoms with Crippen molar-refractivity contribution in [2.75, 3.05) is 13.6 Å². The molecule has 1 N–H and O–H groups in total. The summed E-state index contributed by atoms with van der Waals surface area (Å²) in [6, 6.07) is 11.5. The van der Waals surface area contributed by atoms with Crippen molar-refractivity contribution in [2.45, 2.75) is 50.7 Å². The molecule has 2 unspecified atom stereocenters. The van der Waals surface area contributed by atoms with Gasteiger partial charge in [0, 0.05) is 6.04 Å². The standard InChI is InChI=1S/C18H27NO/c1-19(9-5-8-14-6-3-2-4-7-14)17-10-15-12-18(20)13-16(15)11-17/h2-4,6-7,15-18,20H,5,8-13H2,1H3/t15-,16+,17?,18?. The van der Waals surface area contributed by atoms with Gasteiger partial charge in [0.2, 0.25) is 0 Å². The number of nitrogens with zero attached hydrogens (tertiary/aromatic N) is 1. The van der Waals surface area contributed by atoms with Gasteiger partial charge in [-0.1, -0.05) is 30.3 Å². The fourth-order valence-corrected chi connectivity index (χ4v) is 4.27. The van der Waals surface area contributed by atoms with Gasteiger partial charge in [0.1, 0.15) is 0 Å². The Morgan fingerprint density at radius 3 is 2.35 bits per heavy atom. The van der Waals surface area contributed by atoms with E-state index in [1.54, 1.807) is 0 Å². The van der Waals surface area contributed by atoms with E-state index in [1.807, 2.05) is 0 Å². The Morgan fingerprint density at radius 2 is 1.70 bits per heavy atom. The Labute approximate surface area is 122 Å². The number of aryl methyl sites for hydroxylation is 1. The zero-order valence-corrected chi connectivity index (χ0v) is 12.5. The minimum atomic E-state index is -0.00524. The molecule has 4 atom stereocenters. The number of aliphatic hydroxyl groups excluding tert-OH is 1. The van der Waals surface area contributed by atoms with Gasteiger partial charge in [-0.05, 0) is 69.5 Å². The molecule has 0 spiro atoms. The van der Waals surface area contributed by atoms with Gasteiger partial charge >= 0.3 is 0 Å². The summed E-state index contributed by atoms with van der Waals surface area (Å²) in [6.07, 6.45) is 7.15. The highest BCUT2D eigenvalue weighted by molar-refractivity contribution is 5.14. The molecule has 1 aromatic rings. The molecule has 110 valence electrons. The van der Waals surface area contributed by atoms with Crippen molar-refractivity contribution in [1.82, 2.24) is 4.90 Å². The summed E-state index contributed by atoms with van der Waals surface area (Å²) in [4.78, 5) is 2.56. The van der Waals surface area contributed by atoms with Gasteiger partial charge in [-0.3, -0.25) is 0 Å². The Hall–Kier alpha value is -0.860. The molecule has 0 bridgehead atoms. The monoisotopic (exact) mass is 273 g/mol. The van der Waals surface area contributed by atoms with Crippen LogP contribution in [0, 0.1) is 11.8 Å². The third kappa shape index (κ3) is 3.24. The summed E-state index contributed by atoms with van der Waals surface area (Å²) in [6.45, 7) is 1.20. The maximum Gasteiger partial charge on any atom is 0.0545 e. The lowest BCUT2D eigenvalue weighted by Gasteiger charge is -2.25. The number of aliphatic hydroxyl groups is 1. The van der Waals surface area contributed by atoms with Gasteiger partial charge in [-0.25, -0.2) is 0 Å². The van der Waals surface area contributed by atoms with E-state index in [1.165, 1.54) is 37.8 Å². The predicted octanol–water partition coefficient (Wildman–Crippen LogP) is 3.10. The van der Waals surface area contributed by atoms with Crippen LogP contribution in [0.2, 0.25) is 0 Å². The zero-order valence-electron chi connectivity index (χ0n) is 12.5. The van der Waals surface area contributed by atoms with Crippen LogP contribution in [-0.4, -0.2) is 35.7 Å². The number of fused-ring (bicyclic) bond motifs is 1. The summed E-state index contributed by atoms with van der Waals surface area (Å²) < 4.78 is 0. The highest BCUT2D eigenvalue weighted by atomic mass is 16.3. The molecule has 2 nitrogen and oxygen atoms in total. The van der Waals surface area contributed by atoms with Crippen LogP contribution in [0.4, 0.5) is 0 Å². The summed E-state index contributed by atoms with van der Waals surface area (Å²) >= 11 is 0. The maximum absolute atomic E-state index is 9.71. The van der Waals surface area contributed by atoms with Crippen molar-refractivity contribution in [3.05, 3.63) is 35.9 Å². The molecule has 1 aromatic carbocycles. The first-order chi connectivity index (χ1) is 9.72. The number of hydrogen-bond acceptors (Lipinski definition) is 2. The van der Waals surface area contributed by atoms with E-state index in [0.29, 0.717) is 0 Å². The molecule has 20 heavy (non-hydrogen) atoms. The van der Waals surface area contributed by atoms with Gasteiger partial charge in [0.25, 0.3) is 0 Å². The molecule has 3 rings (SSSR count). The van der Waals surface area contributed by atoms with Crippen molar-refractivity contribution in [2.24, 2.45) is 11.8 Å².